The molecule has 0 bridgehead atoms. The lowest BCUT2D eigenvalue weighted by Crippen LogP contribution is -2.11. The largest absolute Gasteiger partial charge is 0.504 e. The zero-order valence-electron chi connectivity index (χ0n) is 18.7. The average Bonchev–Trinajstić information content (AvgIpc) is 3.35. The third-order valence-corrected chi connectivity index (χ3v) is 5.75. The highest BCUT2D eigenvalue weighted by atomic mass is 32.1. The van der Waals surface area contributed by atoms with Crippen LogP contribution in [0.15, 0.2) is 60.3 Å². The van der Waals surface area contributed by atoms with Gasteiger partial charge in [-0.05, 0) is 36.8 Å². The van der Waals surface area contributed by atoms with E-state index in [0.29, 0.717) is 5.56 Å². The van der Waals surface area contributed by atoms with E-state index >= 15 is 0 Å². The summed E-state index contributed by atoms with van der Waals surface area (Å²) in [6, 6.07) is 5.56. The summed E-state index contributed by atoms with van der Waals surface area (Å²) in [7, 11) is 1.61. The molecule has 0 radical (unpaired) electrons. The van der Waals surface area contributed by atoms with Crippen molar-refractivity contribution in [2.45, 2.75) is 39.5 Å². The number of fused-ring (bicyclic) bond motifs is 1. The van der Waals surface area contributed by atoms with Crippen molar-refractivity contribution >= 4 is 33.8 Å². The van der Waals surface area contributed by atoms with Crippen LogP contribution in [0.3, 0.4) is 0 Å². The molecule has 1 amide bonds. The van der Waals surface area contributed by atoms with E-state index in [-0.39, 0.29) is 5.41 Å². The van der Waals surface area contributed by atoms with Crippen LogP contribution in [0, 0.1) is 0 Å². The van der Waals surface area contributed by atoms with Gasteiger partial charge in [-0.2, -0.15) is 0 Å². The zero-order valence-corrected chi connectivity index (χ0v) is 19.5. The fourth-order valence-corrected chi connectivity index (χ4v) is 4.25. The fraction of sp³-hybridized carbons (Fsp3) is 0.280. The molecule has 2 aromatic heterocycles. The van der Waals surface area contributed by atoms with Crippen LogP contribution >= 0.6 is 11.3 Å². The second-order valence-electron chi connectivity index (χ2n) is 8.26. The van der Waals surface area contributed by atoms with Crippen molar-refractivity contribution in [2.75, 3.05) is 7.11 Å². The number of aromatic nitrogens is 2. The quantitative estimate of drug-likeness (QED) is 0.358. The highest BCUT2D eigenvalue weighted by Crippen LogP contribution is 2.37. The lowest BCUT2D eigenvalue weighted by molar-refractivity contribution is 0.100. The number of amides is 1. The Balaban J connectivity index is 2.27. The highest BCUT2D eigenvalue weighted by Gasteiger charge is 2.21. The summed E-state index contributed by atoms with van der Waals surface area (Å²) in [4.78, 5) is 16.8. The van der Waals surface area contributed by atoms with Crippen molar-refractivity contribution in [2.24, 2.45) is 5.73 Å². The summed E-state index contributed by atoms with van der Waals surface area (Å²) in [5.74, 6) is -0.450. The van der Waals surface area contributed by atoms with Crippen LogP contribution < -0.4 is 5.73 Å². The molecule has 0 fully saturated rings. The lowest BCUT2D eigenvalue weighted by atomic mass is 9.93. The lowest BCUT2D eigenvalue weighted by Gasteiger charge is -2.14. The molecule has 3 rings (SSSR count). The Labute approximate surface area is 187 Å². The topological polar surface area (TPSA) is 70.1 Å². The molecule has 0 atom stereocenters. The first-order chi connectivity index (χ1) is 14.8. The Kier molecular flexibility index (Phi) is 6.81. The number of carbonyl (C=O) groups is 1. The van der Waals surface area contributed by atoms with Gasteiger partial charge in [-0.3, -0.25) is 4.79 Å². The minimum atomic E-state index is -0.450. The van der Waals surface area contributed by atoms with E-state index in [1.165, 1.54) is 0 Å². The van der Waals surface area contributed by atoms with Crippen LogP contribution in [-0.4, -0.2) is 22.6 Å². The van der Waals surface area contributed by atoms with Crippen molar-refractivity contribution in [1.29, 1.82) is 0 Å². The molecule has 0 aliphatic carbocycles. The third kappa shape index (κ3) is 4.97. The number of nitrogens with two attached hydrogens (primary N) is 1. The summed E-state index contributed by atoms with van der Waals surface area (Å²) in [6.07, 6.45) is 12.6. The van der Waals surface area contributed by atoms with Crippen molar-refractivity contribution in [1.82, 2.24) is 9.55 Å². The Morgan fingerprint density at radius 2 is 2.10 bits per heavy atom. The molecule has 1 aromatic carbocycles. The van der Waals surface area contributed by atoms with Gasteiger partial charge in [-0.25, -0.2) is 4.98 Å². The first-order valence-corrected chi connectivity index (χ1v) is 11.1. The maximum Gasteiger partial charge on any atom is 0.248 e. The Bertz CT molecular complexity index is 1170. The maximum atomic E-state index is 11.8. The second-order valence-corrected chi connectivity index (χ2v) is 9.12. The van der Waals surface area contributed by atoms with Crippen LogP contribution in [0.25, 0.3) is 27.2 Å². The summed E-state index contributed by atoms with van der Waals surface area (Å²) in [5.41, 5.74) is 9.95. The number of methoxy groups -OCH3 is 1. The van der Waals surface area contributed by atoms with Gasteiger partial charge in [0.2, 0.25) is 5.91 Å². The van der Waals surface area contributed by atoms with E-state index in [1.54, 1.807) is 30.8 Å². The number of rotatable bonds is 7. The predicted octanol–water partition coefficient (Wildman–Crippen LogP) is 6.13. The van der Waals surface area contributed by atoms with Crippen molar-refractivity contribution in [3.63, 3.8) is 0 Å². The summed E-state index contributed by atoms with van der Waals surface area (Å²) >= 11 is 1.63. The number of allylic oxidation sites excluding steroid dienone is 5. The monoisotopic (exact) mass is 435 g/mol. The minimum absolute atomic E-state index is 0.0217. The zero-order chi connectivity index (χ0) is 22.6. The average molecular weight is 436 g/mol. The van der Waals surface area contributed by atoms with E-state index in [0.717, 1.165) is 39.3 Å². The standard InChI is InChI=1S/C25H29N3O2S/c1-6-7-9-18(10-8-13-30-5)28-15-20(24-27-22(16-31-24)25(2,3)4)19-12-11-17(23(26)29)14-21(19)28/h7-16H,6H2,1-5H3,(H2,26,29)/b9-7-,13-8+,18-10+. The Morgan fingerprint density at radius 3 is 2.71 bits per heavy atom. The van der Waals surface area contributed by atoms with Gasteiger partial charge < -0.3 is 15.0 Å². The van der Waals surface area contributed by atoms with Crippen LogP contribution in [0.2, 0.25) is 0 Å². The van der Waals surface area contributed by atoms with Crippen LogP contribution in [0.1, 0.15) is 50.2 Å². The van der Waals surface area contributed by atoms with E-state index in [1.807, 2.05) is 24.3 Å². The van der Waals surface area contributed by atoms with E-state index in [9.17, 15) is 4.79 Å². The molecule has 2 N–H and O–H groups in total. The van der Waals surface area contributed by atoms with E-state index in [4.69, 9.17) is 15.5 Å². The van der Waals surface area contributed by atoms with Gasteiger partial charge in [0.25, 0.3) is 0 Å². The molecule has 5 nitrogen and oxygen atoms in total. The molecular weight excluding hydrogens is 406 g/mol. The first kappa shape index (κ1) is 22.6. The molecule has 0 aliphatic heterocycles. The molecule has 0 unspecified atom stereocenters. The van der Waals surface area contributed by atoms with Crippen molar-refractivity contribution in [3.8, 4) is 10.6 Å². The molecule has 0 spiro atoms. The molecule has 6 heteroatoms. The molecule has 0 saturated carbocycles. The van der Waals surface area contributed by atoms with Gasteiger partial charge in [-0.1, -0.05) is 39.8 Å². The molecule has 2 heterocycles. The van der Waals surface area contributed by atoms with Gasteiger partial charge in [0, 0.05) is 39.2 Å². The number of ether oxygens (including phenoxy) is 1. The van der Waals surface area contributed by atoms with Gasteiger partial charge in [0.05, 0.1) is 24.6 Å². The molecular formula is C25H29N3O2S. The Morgan fingerprint density at radius 1 is 1.32 bits per heavy atom. The van der Waals surface area contributed by atoms with Gasteiger partial charge in [0.15, 0.2) is 0 Å². The van der Waals surface area contributed by atoms with E-state index < -0.39 is 5.91 Å². The summed E-state index contributed by atoms with van der Waals surface area (Å²) < 4.78 is 7.12. The summed E-state index contributed by atoms with van der Waals surface area (Å²) in [5, 5.41) is 4.09. The van der Waals surface area contributed by atoms with Gasteiger partial charge in [0.1, 0.15) is 5.01 Å². The van der Waals surface area contributed by atoms with E-state index in [2.05, 4.69) is 56.0 Å². The molecule has 162 valence electrons. The molecule has 0 aliphatic rings. The molecule has 0 saturated heterocycles. The predicted molar refractivity (Wildman–Crippen MR) is 130 cm³/mol. The number of nitrogens with zero attached hydrogens (tertiary/aromatic N) is 2. The van der Waals surface area contributed by atoms with Gasteiger partial charge >= 0.3 is 0 Å². The number of benzene rings is 1. The number of thiazole rings is 1. The van der Waals surface area contributed by atoms with Crippen LogP contribution in [-0.2, 0) is 10.2 Å². The minimum Gasteiger partial charge on any atom is -0.504 e. The number of hydrogen-bond acceptors (Lipinski definition) is 4. The first-order valence-electron chi connectivity index (χ1n) is 10.2. The maximum absolute atomic E-state index is 11.8. The van der Waals surface area contributed by atoms with Crippen LogP contribution in [0.5, 0.6) is 0 Å². The number of carbonyl (C=O) groups excluding carboxylic acids is 1. The smallest absolute Gasteiger partial charge is 0.248 e. The second kappa shape index (κ2) is 9.35. The van der Waals surface area contributed by atoms with Gasteiger partial charge in [-0.15, -0.1) is 11.3 Å². The fourth-order valence-electron chi connectivity index (χ4n) is 3.18. The normalized spacial score (nSPS) is 13.0. The third-order valence-electron chi connectivity index (χ3n) is 4.88. The number of hydrogen-bond donors (Lipinski definition) is 1. The Hall–Kier alpha value is -3.12. The van der Waals surface area contributed by atoms with Crippen molar-refractivity contribution in [3.05, 3.63) is 71.6 Å². The van der Waals surface area contributed by atoms with Crippen molar-refractivity contribution < 1.29 is 9.53 Å². The molecule has 3 aromatic rings. The highest BCUT2D eigenvalue weighted by molar-refractivity contribution is 7.13. The molecule has 31 heavy (non-hydrogen) atoms. The van der Waals surface area contributed by atoms with Crippen LogP contribution in [0.4, 0.5) is 0 Å². The summed E-state index contributed by atoms with van der Waals surface area (Å²) in [6.45, 7) is 8.57. The SMILES string of the molecule is CC\C=C/C(=C\C=C\OC)n1cc(-c2nc(C(C)(C)C)cs2)c2ccc(C(N)=O)cc21. The number of primary amides is 1.